The van der Waals surface area contributed by atoms with E-state index in [-0.39, 0.29) is 29.8 Å². The van der Waals surface area contributed by atoms with Gasteiger partial charge in [-0.05, 0) is 12.1 Å². The van der Waals surface area contributed by atoms with E-state index < -0.39 is 0 Å². The van der Waals surface area contributed by atoms with Crippen LogP contribution in [-0.2, 0) is 4.79 Å². The number of nitrogens with one attached hydrogen (secondary N) is 1. The average molecular weight is 201 g/mol. The lowest BCUT2D eigenvalue weighted by Gasteiger charge is -2.03. The number of amides is 1. The largest absolute Gasteiger partial charge is 0.504 e. The van der Waals surface area contributed by atoms with Crippen LogP contribution < -0.4 is 5.32 Å². The lowest BCUT2D eigenvalue weighted by Crippen LogP contribution is -2.12. The number of halogens is 1. The molecule has 0 aliphatic heterocycles. The third-order valence-electron chi connectivity index (χ3n) is 1.37. The first-order chi connectivity index (χ1) is 6.24. The Balaban J connectivity index is 2.63. The van der Waals surface area contributed by atoms with Crippen LogP contribution in [0.5, 0.6) is 5.75 Å². The van der Waals surface area contributed by atoms with Gasteiger partial charge in [0.25, 0.3) is 0 Å². The fraction of sp³-hybridized carbons (Fsp3) is 0.250. The lowest BCUT2D eigenvalue weighted by atomic mass is 10.4. The van der Waals surface area contributed by atoms with Crippen LogP contribution in [0.2, 0.25) is 0 Å². The van der Waals surface area contributed by atoms with Gasteiger partial charge in [-0.25, -0.2) is 4.98 Å². The van der Waals surface area contributed by atoms with Crippen molar-refractivity contribution in [3.05, 3.63) is 18.3 Å². The van der Waals surface area contributed by atoms with Gasteiger partial charge in [-0.2, -0.15) is 0 Å². The number of rotatable bonds is 3. The molecule has 0 aromatic carbocycles. The van der Waals surface area contributed by atoms with E-state index in [1.54, 1.807) is 6.07 Å². The highest BCUT2D eigenvalue weighted by atomic mass is 35.5. The highest BCUT2D eigenvalue weighted by molar-refractivity contribution is 6.19. The van der Waals surface area contributed by atoms with Crippen LogP contribution in [0, 0.1) is 0 Å². The van der Waals surface area contributed by atoms with E-state index in [9.17, 15) is 9.90 Å². The average Bonchev–Trinajstić information content (AvgIpc) is 2.09. The summed E-state index contributed by atoms with van der Waals surface area (Å²) >= 11 is 5.36. The summed E-state index contributed by atoms with van der Waals surface area (Å²) in [6.45, 7) is 0. The summed E-state index contributed by atoms with van der Waals surface area (Å²) in [4.78, 5) is 14.8. The standard InChI is InChI=1S/C8H9ClN2O2/c9-4-3-7(13)11-8-6(12)2-1-5-10-8/h1-2,5,12H,3-4H2,(H,10,11,13). The summed E-state index contributed by atoms with van der Waals surface area (Å²) in [6, 6.07) is 3.02. The lowest BCUT2D eigenvalue weighted by molar-refractivity contribution is -0.115. The number of aromatic nitrogens is 1. The number of carbonyl (C=O) groups excluding carboxylic acids is 1. The molecule has 0 aliphatic rings. The highest BCUT2D eigenvalue weighted by Gasteiger charge is 2.05. The molecule has 0 saturated carbocycles. The summed E-state index contributed by atoms with van der Waals surface area (Å²) in [5, 5.41) is 11.6. The number of pyridine rings is 1. The first kappa shape index (κ1) is 9.80. The molecule has 0 spiro atoms. The summed E-state index contributed by atoms with van der Waals surface area (Å²) in [6.07, 6.45) is 1.69. The van der Waals surface area contributed by atoms with Crippen molar-refractivity contribution in [1.82, 2.24) is 4.98 Å². The Morgan fingerprint density at radius 1 is 1.69 bits per heavy atom. The Morgan fingerprint density at radius 3 is 3.08 bits per heavy atom. The van der Waals surface area contributed by atoms with Crippen molar-refractivity contribution in [2.24, 2.45) is 0 Å². The van der Waals surface area contributed by atoms with Crippen molar-refractivity contribution in [3.8, 4) is 5.75 Å². The van der Waals surface area contributed by atoms with Gasteiger partial charge >= 0.3 is 0 Å². The summed E-state index contributed by atoms with van der Waals surface area (Å²) in [7, 11) is 0. The molecular weight excluding hydrogens is 192 g/mol. The predicted molar refractivity (Wildman–Crippen MR) is 49.9 cm³/mol. The van der Waals surface area contributed by atoms with E-state index in [1.165, 1.54) is 12.3 Å². The second-order valence-electron chi connectivity index (χ2n) is 2.36. The van der Waals surface area contributed by atoms with Gasteiger partial charge < -0.3 is 10.4 Å². The summed E-state index contributed by atoms with van der Waals surface area (Å²) < 4.78 is 0. The molecule has 1 aromatic rings. The molecule has 0 radical (unpaired) electrons. The second kappa shape index (κ2) is 4.67. The number of hydrogen-bond acceptors (Lipinski definition) is 3. The van der Waals surface area contributed by atoms with Crippen molar-refractivity contribution in [2.45, 2.75) is 6.42 Å². The highest BCUT2D eigenvalue weighted by Crippen LogP contribution is 2.18. The normalized spacial score (nSPS) is 9.62. The zero-order valence-corrected chi connectivity index (χ0v) is 7.58. The van der Waals surface area contributed by atoms with E-state index in [0.29, 0.717) is 0 Å². The Labute approximate surface area is 80.6 Å². The molecule has 0 aliphatic carbocycles. The molecule has 70 valence electrons. The third kappa shape index (κ3) is 2.91. The topological polar surface area (TPSA) is 62.2 Å². The van der Waals surface area contributed by atoms with Gasteiger partial charge in [0, 0.05) is 18.5 Å². The van der Waals surface area contributed by atoms with Crippen molar-refractivity contribution < 1.29 is 9.90 Å². The maximum Gasteiger partial charge on any atom is 0.226 e. The van der Waals surface area contributed by atoms with E-state index in [1.807, 2.05) is 0 Å². The minimum atomic E-state index is -0.260. The van der Waals surface area contributed by atoms with E-state index in [2.05, 4.69) is 10.3 Å². The molecule has 1 aromatic heterocycles. The fourth-order valence-corrected chi connectivity index (χ4v) is 0.945. The smallest absolute Gasteiger partial charge is 0.226 e. The molecule has 0 unspecified atom stereocenters. The van der Waals surface area contributed by atoms with Gasteiger partial charge in [0.2, 0.25) is 5.91 Å². The molecule has 2 N–H and O–H groups in total. The SMILES string of the molecule is O=C(CCCl)Nc1ncccc1O. The van der Waals surface area contributed by atoms with Crippen LogP contribution in [0.3, 0.4) is 0 Å². The van der Waals surface area contributed by atoms with Crippen LogP contribution in [-0.4, -0.2) is 21.9 Å². The van der Waals surface area contributed by atoms with Crippen LogP contribution in [0.15, 0.2) is 18.3 Å². The van der Waals surface area contributed by atoms with Gasteiger partial charge in [-0.15, -0.1) is 11.6 Å². The molecule has 0 bridgehead atoms. The molecule has 1 rings (SSSR count). The number of carbonyl (C=O) groups is 1. The number of nitrogens with zero attached hydrogens (tertiary/aromatic N) is 1. The number of alkyl halides is 1. The van der Waals surface area contributed by atoms with E-state index in [4.69, 9.17) is 11.6 Å². The maximum absolute atomic E-state index is 11.0. The minimum absolute atomic E-state index is 0.0505. The summed E-state index contributed by atoms with van der Waals surface area (Å²) in [5.41, 5.74) is 0. The number of anilines is 1. The van der Waals surface area contributed by atoms with Crippen LogP contribution >= 0.6 is 11.6 Å². The Kier molecular flexibility index (Phi) is 3.52. The zero-order valence-electron chi connectivity index (χ0n) is 6.83. The van der Waals surface area contributed by atoms with Gasteiger partial charge in [-0.3, -0.25) is 4.79 Å². The number of hydrogen-bond donors (Lipinski definition) is 2. The van der Waals surface area contributed by atoms with Crippen molar-refractivity contribution >= 4 is 23.3 Å². The second-order valence-corrected chi connectivity index (χ2v) is 2.74. The fourth-order valence-electron chi connectivity index (χ4n) is 0.774. The zero-order chi connectivity index (χ0) is 9.68. The minimum Gasteiger partial charge on any atom is -0.504 e. The molecule has 0 atom stereocenters. The van der Waals surface area contributed by atoms with Gasteiger partial charge in [0.1, 0.15) is 0 Å². The molecule has 1 amide bonds. The van der Waals surface area contributed by atoms with Crippen molar-refractivity contribution in [1.29, 1.82) is 0 Å². The molecule has 13 heavy (non-hydrogen) atoms. The van der Waals surface area contributed by atoms with Crippen molar-refractivity contribution in [3.63, 3.8) is 0 Å². The Morgan fingerprint density at radius 2 is 2.46 bits per heavy atom. The number of aromatic hydroxyl groups is 1. The molecule has 5 heteroatoms. The van der Waals surface area contributed by atoms with Gasteiger partial charge in [0.05, 0.1) is 0 Å². The molecule has 4 nitrogen and oxygen atoms in total. The van der Waals surface area contributed by atoms with Gasteiger partial charge in [-0.1, -0.05) is 0 Å². The molecule has 0 saturated heterocycles. The third-order valence-corrected chi connectivity index (χ3v) is 1.55. The quantitative estimate of drug-likeness (QED) is 0.725. The van der Waals surface area contributed by atoms with Crippen LogP contribution in [0.4, 0.5) is 5.82 Å². The molecule has 0 fully saturated rings. The van der Waals surface area contributed by atoms with E-state index in [0.717, 1.165) is 0 Å². The van der Waals surface area contributed by atoms with E-state index >= 15 is 0 Å². The first-order valence-electron chi connectivity index (χ1n) is 3.74. The molecule has 1 heterocycles. The van der Waals surface area contributed by atoms with Gasteiger partial charge in [0.15, 0.2) is 11.6 Å². The monoisotopic (exact) mass is 200 g/mol. The Hall–Kier alpha value is -1.29. The molecular formula is C8H9ClN2O2. The predicted octanol–water partition coefficient (Wildman–Crippen LogP) is 1.35. The Bertz CT molecular complexity index is 304. The maximum atomic E-state index is 11.0. The summed E-state index contributed by atoms with van der Waals surface area (Å²) in [5.74, 6) is 0.103. The van der Waals surface area contributed by atoms with Crippen molar-refractivity contribution in [2.75, 3.05) is 11.2 Å². The van der Waals surface area contributed by atoms with Crippen LogP contribution in [0.25, 0.3) is 0 Å². The first-order valence-corrected chi connectivity index (χ1v) is 4.27. The van der Waals surface area contributed by atoms with Crippen LogP contribution in [0.1, 0.15) is 6.42 Å².